The van der Waals surface area contributed by atoms with E-state index in [0.717, 1.165) is 10.9 Å². The molecule has 1 heterocycles. The monoisotopic (exact) mass is 193 g/mol. The molecule has 0 saturated carbocycles. The van der Waals surface area contributed by atoms with Crippen molar-refractivity contribution in [3.05, 3.63) is 45.3 Å². The molecule has 0 saturated heterocycles. The summed E-state index contributed by atoms with van der Waals surface area (Å²) in [4.78, 5) is 14.0. The molecule has 1 aromatic carbocycles. The second-order valence-corrected chi connectivity index (χ2v) is 3.43. The number of halogens is 1. The minimum atomic E-state index is -0.0944. The van der Waals surface area contributed by atoms with Crippen LogP contribution < -0.4 is 5.56 Å². The van der Waals surface area contributed by atoms with Gasteiger partial charge in [-0.15, -0.1) is 0 Å². The summed E-state index contributed by atoms with van der Waals surface area (Å²) < 4.78 is 0. The molecule has 0 unspecified atom stereocenters. The molecule has 0 fully saturated rings. The molecular formula is C10H8ClNO. The summed E-state index contributed by atoms with van der Waals surface area (Å²) in [5.74, 6) is 0. The number of hydrogen-bond donors (Lipinski definition) is 1. The first-order valence-corrected chi connectivity index (χ1v) is 4.34. The smallest absolute Gasteiger partial charge is 0.255 e. The summed E-state index contributed by atoms with van der Waals surface area (Å²) in [5.41, 5.74) is 0.953. The average molecular weight is 194 g/mol. The fraction of sp³-hybridized carbons (Fsp3) is 0.100. The van der Waals surface area contributed by atoms with Crippen molar-refractivity contribution in [3.63, 3.8) is 0 Å². The molecule has 1 N–H and O–H groups in total. The Bertz CT molecular complexity index is 516. The van der Waals surface area contributed by atoms with E-state index in [2.05, 4.69) is 4.98 Å². The van der Waals surface area contributed by atoms with Crippen LogP contribution in [0.2, 0.25) is 5.02 Å². The molecule has 0 amide bonds. The average Bonchev–Trinajstić information content (AvgIpc) is 2.12. The highest BCUT2D eigenvalue weighted by Crippen LogP contribution is 2.18. The Kier molecular flexibility index (Phi) is 1.85. The van der Waals surface area contributed by atoms with Gasteiger partial charge < -0.3 is 4.98 Å². The van der Waals surface area contributed by atoms with E-state index in [9.17, 15) is 4.79 Å². The van der Waals surface area contributed by atoms with Crippen LogP contribution in [-0.2, 0) is 0 Å². The normalized spacial score (nSPS) is 10.6. The molecule has 3 heteroatoms. The zero-order valence-corrected chi connectivity index (χ0v) is 7.85. The molecule has 0 aliphatic carbocycles. The molecule has 0 atom stereocenters. The third-order valence-corrected chi connectivity index (χ3v) is 2.31. The van der Waals surface area contributed by atoms with Crippen molar-refractivity contribution in [2.24, 2.45) is 0 Å². The van der Waals surface area contributed by atoms with Crippen LogP contribution in [0.3, 0.4) is 0 Å². The predicted molar refractivity (Wildman–Crippen MR) is 54.3 cm³/mol. The molecule has 0 spiro atoms. The van der Waals surface area contributed by atoms with Gasteiger partial charge in [0.15, 0.2) is 0 Å². The second kappa shape index (κ2) is 2.89. The molecule has 2 nitrogen and oxygen atoms in total. The van der Waals surface area contributed by atoms with Crippen LogP contribution in [0.1, 0.15) is 5.56 Å². The maximum Gasteiger partial charge on any atom is 0.255 e. The summed E-state index contributed by atoms with van der Waals surface area (Å²) in [7, 11) is 0. The summed E-state index contributed by atoms with van der Waals surface area (Å²) in [6.45, 7) is 1.95. The van der Waals surface area contributed by atoms with E-state index in [4.69, 9.17) is 11.6 Å². The van der Waals surface area contributed by atoms with Crippen molar-refractivity contribution in [1.82, 2.24) is 4.98 Å². The largest absolute Gasteiger partial charge is 0.328 e. The Morgan fingerprint density at radius 3 is 2.85 bits per heavy atom. The van der Waals surface area contributed by atoms with Crippen LogP contribution in [0.5, 0.6) is 0 Å². The first kappa shape index (κ1) is 8.32. The zero-order chi connectivity index (χ0) is 9.42. The van der Waals surface area contributed by atoms with E-state index in [1.54, 1.807) is 18.3 Å². The van der Waals surface area contributed by atoms with Crippen molar-refractivity contribution >= 4 is 22.4 Å². The minimum absolute atomic E-state index is 0.0944. The topological polar surface area (TPSA) is 32.9 Å². The molecule has 0 bridgehead atoms. The summed E-state index contributed by atoms with van der Waals surface area (Å²) in [6.07, 6.45) is 1.71. The van der Waals surface area contributed by atoms with E-state index >= 15 is 0 Å². The quantitative estimate of drug-likeness (QED) is 0.685. The van der Waals surface area contributed by atoms with Gasteiger partial charge >= 0.3 is 0 Å². The Balaban J connectivity index is 3.01. The molecular weight excluding hydrogens is 186 g/mol. The highest BCUT2D eigenvalue weighted by atomic mass is 35.5. The van der Waals surface area contributed by atoms with Gasteiger partial charge in [-0.25, -0.2) is 0 Å². The lowest BCUT2D eigenvalue weighted by Crippen LogP contribution is -2.05. The SMILES string of the molecule is Cc1c[nH]c(=O)c2cc(Cl)ccc12. The summed E-state index contributed by atoms with van der Waals surface area (Å²) >= 11 is 5.79. The fourth-order valence-electron chi connectivity index (χ4n) is 1.38. The third-order valence-electron chi connectivity index (χ3n) is 2.07. The highest BCUT2D eigenvalue weighted by molar-refractivity contribution is 6.31. The molecule has 13 heavy (non-hydrogen) atoms. The van der Waals surface area contributed by atoms with Crippen LogP contribution in [0.15, 0.2) is 29.2 Å². The van der Waals surface area contributed by atoms with E-state index in [1.165, 1.54) is 0 Å². The van der Waals surface area contributed by atoms with E-state index in [0.29, 0.717) is 10.4 Å². The van der Waals surface area contributed by atoms with Gasteiger partial charge in [-0.05, 0) is 30.0 Å². The van der Waals surface area contributed by atoms with Crippen LogP contribution in [0, 0.1) is 6.92 Å². The molecule has 1 aromatic heterocycles. The predicted octanol–water partition coefficient (Wildman–Crippen LogP) is 2.49. The highest BCUT2D eigenvalue weighted by Gasteiger charge is 2.01. The molecule has 66 valence electrons. The Labute approximate surface area is 80.2 Å². The molecule has 0 aliphatic heterocycles. The van der Waals surface area contributed by atoms with Crippen LogP contribution in [-0.4, -0.2) is 4.98 Å². The fourth-order valence-corrected chi connectivity index (χ4v) is 1.55. The number of rotatable bonds is 0. The summed E-state index contributed by atoms with van der Waals surface area (Å²) in [5, 5.41) is 2.18. The first-order chi connectivity index (χ1) is 6.18. The lowest BCUT2D eigenvalue weighted by atomic mass is 10.1. The lowest BCUT2D eigenvalue weighted by molar-refractivity contribution is 1.24. The molecule has 2 rings (SSSR count). The van der Waals surface area contributed by atoms with Crippen molar-refractivity contribution in [3.8, 4) is 0 Å². The number of nitrogens with one attached hydrogen (secondary N) is 1. The number of fused-ring (bicyclic) bond motifs is 1. The number of aromatic nitrogens is 1. The van der Waals surface area contributed by atoms with Gasteiger partial charge in [-0.3, -0.25) is 4.79 Å². The van der Waals surface area contributed by atoms with E-state index in [-0.39, 0.29) is 5.56 Å². The van der Waals surface area contributed by atoms with Crippen molar-refractivity contribution < 1.29 is 0 Å². The van der Waals surface area contributed by atoms with Gasteiger partial charge in [-0.1, -0.05) is 17.7 Å². The minimum Gasteiger partial charge on any atom is -0.328 e. The third kappa shape index (κ3) is 1.33. The van der Waals surface area contributed by atoms with E-state index in [1.807, 2.05) is 13.0 Å². The lowest BCUT2D eigenvalue weighted by Gasteiger charge is -2.00. The number of H-pyrrole nitrogens is 1. The van der Waals surface area contributed by atoms with Crippen LogP contribution >= 0.6 is 11.6 Å². The molecule has 0 aliphatic rings. The van der Waals surface area contributed by atoms with Gasteiger partial charge in [0.1, 0.15) is 0 Å². The number of pyridine rings is 1. The number of aryl methyl sites for hydroxylation is 1. The van der Waals surface area contributed by atoms with Crippen LogP contribution in [0.4, 0.5) is 0 Å². The van der Waals surface area contributed by atoms with Crippen LogP contribution in [0.25, 0.3) is 10.8 Å². The van der Waals surface area contributed by atoms with Gasteiger partial charge in [0.05, 0.1) is 0 Å². The Morgan fingerprint density at radius 1 is 1.31 bits per heavy atom. The Hall–Kier alpha value is -1.28. The van der Waals surface area contributed by atoms with Crippen molar-refractivity contribution in [2.75, 3.05) is 0 Å². The van der Waals surface area contributed by atoms with Crippen molar-refractivity contribution in [2.45, 2.75) is 6.92 Å². The Morgan fingerprint density at radius 2 is 2.08 bits per heavy atom. The summed E-state index contributed by atoms with van der Waals surface area (Å²) in [6, 6.07) is 5.33. The first-order valence-electron chi connectivity index (χ1n) is 3.96. The number of aromatic amines is 1. The molecule has 0 radical (unpaired) electrons. The second-order valence-electron chi connectivity index (χ2n) is 2.99. The van der Waals surface area contributed by atoms with Gasteiger partial charge in [0, 0.05) is 16.6 Å². The maximum absolute atomic E-state index is 11.4. The maximum atomic E-state index is 11.4. The standard InChI is InChI=1S/C10H8ClNO/c1-6-5-12-10(13)9-4-7(11)2-3-8(6)9/h2-5H,1H3,(H,12,13). The van der Waals surface area contributed by atoms with E-state index < -0.39 is 0 Å². The van der Waals surface area contributed by atoms with Gasteiger partial charge in [0.25, 0.3) is 5.56 Å². The number of benzene rings is 1. The zero-order valence-electron chi connectivity index (χ0n) is 7.10. The number of hydrogen-bond acceptors (Lipinski definition) is 1. The van der Waals surface area contributed by atoms with Gasteiger partial charge in [0.2, 0.25) is 0 Å². The van der Waals surface area contributed by atoms with Crippen molar-refractivity contribution in [1.29, 1.82) is 0 Å². The van der Waals surface area contributed by atoms with Gasteiger partial charge in [-0.2, -0.15) is 0 Å². The molecule has 2 aromatic rings.